The molecule has 1 aromatic carbocycles. The SMILES string of the molecule is CN=C(NCCc1cc(Cl)ccc1Br)NCc1ncnn1C.I. The lowest BCUT2D eigenvalue weighted by molar-refractivity contribution is 0.672. The van der Waals surface area contributed by atoms with E-state index >= 15 is 0 Å². The van der Waals surface area contributed by atoms with Crippen molar-refractivity contribution < 1.29 is 0 Å². The fourth-order valence-corrected chi connectivity index (χ4v) is 2.55. The zero-order valence-electron chi connectivity index (χ0n) is 12.9. The lowest BCUT2D eigenvalue weighted by Gasteiger charge is -2.12. The van der Waals surface area contributed by atoms with Gasteiger partial charge in [-0.3, -0.25) is 9.67 Å². The molecule has 0 saturated heterocycles. The molecule has 0 amide bonds. The Morgan fingerprint density at radius 1 is 1.39 bits per heavy atom. The zero-order valence-corrected chi connectivity index (χ0v) is 17.6. The number of nitrogens with zero attached hydrogens (tertiary/aromatic N) is 4. The van der Waals surface area contributed by atoms with Crippen LogP contribution < -0.4 is 10.6 Å². The van der Waals surface area contributed by atoms with E-state index in [0.29, 0.717) is 6.54 Å². The fourth-order valence-electron chi connectivity index (χ4n) is 1.91. The average Bonchev–Trinajstić information content (AvgIpc) is 2.91. The molecule has 0 aliphatic rings. The normalized spacial score (nSPS) is 11.0. The van der Waals surface area contributed by atoms with Gasteiger partial charge in [-0.15, -0.1) is 24.0 Å². The summed E-state index contributed by atoms with van der Waals surface area (Å²) in [7, 11) is 3.60. The van der Waals surface area contributed by atoms with E-state index in [0.717, 1.165) is 39.8 Å². The van der Waals surface area contributed by atoms with Crippen LogP contribution in [0.15, 0.2) is 34.0 Å². The third-order valence-corrected chi connectivity index (χ3v) is 4.15. The lowest BCUT2D eigenvalue weighted by Crippen LogP contribution is -2.38. The summed E-state index contributed by atoms with van der Waals surface area (Å²) in [5.41, 5.74) is 1.16. The van der Waals surface area contributed by atoms with Gasteiger partial charge >= 0.3 is 0 Å². The molecule has 0 bridgehead atoms. The Balaban J connectivity index is 0.00000264. The van der Waals surface area contributed by atoms with E-state index in [1.54, 1.807) is 11.7 Å². The topological polar surface area (TPSA) is 67.1 Å². The van der Waals surface area contributed by atoms with Gasteiger partial charge in [0.1, 0.15) is 12.2 Å². The van der Waals surface area contributed by atoms with Crippen LogP contribution in [0.2, 0.25) is 5.02 Å². The molecule has 0 aliphatic carbocycles. The van der Waals surface area contributed by atoms with Crippen LogP contribution in [0.25, 0.3) is 0 Å². The number of aliphatic imine (C=N–C) groups is 1. The number of aryl methyl sites for hydroxylation is 1. The molecule has 0 fully saturated rings. The number of hydrogen-bond donors (Lipinski definition) is 2. The van der Waals surface area contributed by atoms with Gasteiger partial charge in [0.15, 0.2) is 5.96 Å². The van der Waals surface area contributed by atoms with Crippen LogP contribution >= 0.6 is 51.5 Å². The van der Waals surface area contributed by atoms with Crippen LogP contribution in [0.5, 0.6) is 0 Å². The number of halogens is 3. The van der Waals surface area contributed by atoms with Crippen molar-refractivity contribution in [2.45, 2.75) is 13.0 Å². The highest BCUT2D eigenvalue weighted by atomic mass is 127. The molecule has 1 heterocycles. The molecular weight excluding hydrogens is 494 g/mol. The van der Waals surface area contributed by atoms with Gasteiger partial charge in [-0.05, 0) is 30.2 Å². The average molecular weight is 514 g/mol. The summed E-state index contributed by atoms with van der Waals surface area (Å²) in [5, 5.41) is 11.2. The van der Waals surface area contributed by atoms with E-state index < -0.39 is 0 Å². The van der Waals surface area contributed by atoms with Crippen molar-refractivity contribution in [3.8, 4) is 0 Å². The Bertz CT molecular complexity index is 660. The fraction of sp³-hybridized carbons (Fsp3) is 0.357. The maximum atomic E-state index is 6.01. The summed E-state index contributed by atoms with van der Waals surface area (Å²) in [6.45, 7) is 1.31. The molecule has 126 valence electrons. The molecule has 2 aromatic rings. The van der Waals surface area contributed by atoms with Crippen LogP contribution in [-0.2, 0) is 20.0 Å². The summed E-state index contributed by atoms with van der Waals surface area (Å²) in [6.07, 6.45) is 2.37. The standard InChI is InChI=1S/C14H18BrClN6.HI/c1-17-14(19-8-13-20-9-21-22(13)2)18-6-5-10-7-11(16)3-4-12(10)15;/h3-4,7,9H,5-6,8H2,1-2H3,(H2,17,18,19);1H. The van der Waals surface area contributed by atoms with Gasteiger partial charge in [0.25, 0.3) is 0 Å². The number of rotatable bonds is 5. The Labute approximate surface area is 166 Å². The first kappa shape index (κ1) is 20.2. The number of hydrogen-bond acceptors (Lipinski definition) is 3. The molecule has 0 unspecified atom stereocenters. The van der Waals surface area contributed by atoms with Crippen LogP contribution in [0.1, 0.15) is 11.4 Å². The van der Waals surface area contributed by atoms with E-state index in [9.17, 15) is 0 Å². The van der Waals surface area contributed by atoms with Crippen LogP contribution in [0.4, 0.5) is 0 Å². The molecule has 0 aliphatic heterocycles. The van der Waals surface area contributed by atoms with Gasteiger partial charge in [-0.25, -0.2) is 4.98 Å². The molecule has 2 rings (SSSR count). The second-order valence-corrected chi connectivity index (χ2v) is 5.93. The number of nitrogens with one attached hydrogen (secondary N) is 2. The van der Waals surface area contributed by atoms with Crippen molar-refractivity contribution in [1.29, 1.82) is 0 Å². The Hall–Kier alpha value is -0.870. The number of benzene rings is 1. The molecule has 1 aromatic heterocycles. The van der Waals surface area contributed by atoms with Gasteiger partial charge in [-0.2, -0.15) is 5.10 Å². The summed E-state index contributed by atoms with van der Waals surface area (Å²) >= 11 is 9.54. The van der Waals surface area contributed by atoms with E-state index in [1.807, 2.05) is 25.2 Å². The van der Waals surface area contributed by atoms with Crippen LogP contribution in [0, 0.1) is 0 Å². The van der Waals surface area contributed by atoms with Gasteiger partial charge < -0.3 is 10.6 Å². The van der Waals surface area contributed by atoms with E-state index in [-0.39, 0.29) is 24.0 Å². The predicted molar refractivity (Wildman–Crippen MR) is 107 cm³/mol. The minimum atomic E-state index is 0. The third kappa shape index (κ3) is 6.27. The minimum Gasteiger partial charge on any atom is -0.356 e. The van der Waals surface area contributed by atoms with Crippen molar-refractivity contribution >= 4 is 57.5 Å². The van der Waals surface area contributed by atoms with E-state index in [2.05, 4.69) is 41.6 Å². The number of guanidine groups is 1. The van der Waals surface area contributed by atoms with Crippen molar-refractivity contribution in [2.24, 2.45) is 12.0 Å². The Morgan fingerprint density at radius 2 is 2.17 bits per heavy atom. The second kappa shape index (κ2) is 10.1. The maximum Gasteiger partial charge on any atom is 0.191 e. The summed E-state index contributed by atoms with van der Waals surface area (Å²) in [4.78, 5) is 8.34. The van der Waals surface area contributed by atoms with Gasteiger partial charge in [0, 0.05) is 30.1 Å². The molecule has 9 heteroatoms. The quantitative estimate of drug-likeness (QED) is 0.367. The highest BCUT2D eigenvalue weighted by molar-refractivity contribution is 14.0. The number of aromatic nitrogens is 3. The zero-order chi connectivity index (χ0) is 15.9. The van der Waals surface area contributed by atoms with Crippen molar-refractivity contribution in [1.82, 2.24) is 25.4 Å². The first-order chi connectivity index (χ1) is 10.6. The summed E-state index contributed by atoms with van der Waals surface area (Å²) in [5.74, 6) is 1.57. The molecule has 0 radical (unpaired) electrons. The molecule has 0 saturated carbocycles. The first-order valence-corrected chi connectivity index (χ1v) is 7.98. The molecule has 23 heavy (non-hydrogen) atoms. The van der Waals surface area contributed by atoms with Crippen molar-refractivity contribution in [3.05, 3.63) is 45.4 Å². The predicted octanol–water partition coefficient (Wildman–Crippen LogP) is 2.76. The molecule has 6 nitrogen and oxygen atoms in total. The van der Waals surface area contributed by atoms with Gasteiger partial charge in [0.05, 0.1) is 6.54 Å². The highest BCUT2D eigenvalue weighted by Gasteiger charge is 2.04. The maximum absolute atomic E-state index is 6.01. The molecule has 0 atom stereocenters. The van der Waals surface area contributed by atoms with Crippen LogP contribution in [-0.4, -0.2) is 34.3 Å². The van der Waals surface area contributed by atoms with Crippen LogP contribution in [0.3, 0.4) is 0 Å². The largest absolute Gasteiger partial charge is 0.356 e. The van der Waals surface area contributed by atoms with Gasteiger partial charge in [0.2, 0.25) is 0 Å². The summed E-state index contributed by atoms with van der Waals surface area (Å²) < 4.78 is 2.78. The Morgan fingerprint density at radius 3 is 2.83 bits per heavy atom. The minimum absolute atomic E-state index is 0. The summed E-state index contributed by atoms with van der Waals surface area (Å²) in [6, 6.07) is 5.78. The van der Waals surface area contributed by atoms with E-state index in [1.165, 1.54) is 6.33 Å². The highest BCUT2D eigenvalue weighted by Crippen LogP contribution is 2.21. The second-order valence-electron chi connectivity index (χ2n) is 4.64. The Kier molecular flexibility index (Phi) is 8.85. The third-order valence-electron chi connectivity index (χ3n) is 3.14. The lowest BCUT2D eigenvalue weighted by atomic mass is 10.1. The molecule has 2 N–H and O–H groups in total. The monoisotopic (exact) mass is 512 g/mol. The van der Waals surface area contributed by atoms with E-state index in [4.69, 9.17) is 11.6 Å². The smallest absolute Gasteiger partial charge is 0.191 e. The first-order valence-electron chi connectivity index (χ1n) is 6.81. The van der Waals surface area contributed by atoms with Crippen molar-refractivity contribution in [3.63, 3.8) is 0 Å². The molecule has 0 spiro atoms. The molecular formula is C14H19BrClIN6. The van der Waals surface area contributed by atoms with Gasteiger partial charge in [-0.1, -0.05) is 27.5 Å². The van der Waals surface area contributed by atoms with Crippen molar-refractivity contribution in [2.75, 3.05) is 13.6 Å².